The van der Waals surface area contributed by atoms with Crippen molar-refractivity contribution in [2.45, 2.75) is 69.1 Å². The third-order valence-corrected chi connectivity index (χ3v) is 7.76. The molecule has 1 aromatic heterocycles. The number of para-hydroxylation sites is 1. The van der Waals surface area contributed by atoms with E-state index in [1.807, 2.05) is 36.7 Å². The first-order valence-corrected chi connectivity index (χ1v) is 14.2. The van der Waals surface area contributed by atoms with E-state index in [9.17, 15) is 19.2 Å². The quantitative estimate of drug-likeness (QED) is 0.335. The number of carbonyl (C=O) groups excluding carboxylic acids is 4. The molecule has 1 saturated carbocycles. The zero-order valence-corrected chi connectivity index (χ0v) is 21.9. The van der Waals surface area contributed by atoms with E-state index in [0.717, 1.165) is 42.1 Å². The molecule has 4 rings (SSSR count). The van der Waals surface area contributed by atoms with Crippen LogP contribution in [0.1, 0.15) is 44.1 Å². The highest BCUT2D eigenvalue weighted by atomic mass is 32.2. The number of carbonyl (C=O) groups is 4. The zero-order valence-electron chi connectivity index (χ0n) is 21.1. The fourth-order valence-corrected chi connectivity index (χ4v) is 5.75. The van der Waals surface area contributed by atoms with Crippen molar-refractivity contribution in [3.8, 4) is 0 Å². The highest BCUT2D eigenvalue weighted by Gasteiger charge is 2.41. The molecular formula is C26H36N6O4S. The van der Waals surface area contributed by atoms with Crippen LogP contribution < -0.4 is 21.7 Å². The Bertz CT molecular complexity index is 1130. The largest absolute Gasteiger partial charge is 0.368 e. The van der Waals surface area contributed by atoms with E-state index >= 15 is 0 Å². The summed E-state index contributed by atoms with van der Waals surface area (Å²) in [7, 11) is 0. The number of fused-ring (bicyclic) bond motifs is 1. The summed E-state index contributed by atoms with van der Waals surface area (Å²) in [6, 6.07) is 5.46. The topological polar surface area (TPSA) is 149 Å². The molecule has 0 radical (unpaired) electrons. The van der Waals surface area contributed by atoms with Gasteiger partial charge in [-0.1, -0.05) is 37.5 Å². The molecule has 2 heterocycles. The zero-order chi connectivity index (χ0) is 26.4. The molecule has 2 fully saturated rings. The van der Waals surface area contributed by atoms with Gasteiger partial charge in [0.05, 0.1) is 11.8 Å². The maximum Gasteiger partial charge on any atom is 0.315 e. The molecule has 0 spiro atoms. The number of primary amides is 1. The molecule has 2 aromatic rings. The predicted octanol–water partition coefficient (Wildman–Crippen LogP) is 1.64. The van der Waals surface area contributed by atoms with Gasteiger partial charge in [0.2, 0.25) is 17.7 Å². The fraction of sp³-hybridized carbons (Fsp3) is 0.538. The van der Waals surface area contributed by atoms with Crippen molar-refractivity contribution in [2.24, 2.45) is 5.73 Å². The second-order valence-corrected chi connectivity index (χ2v) is 10.8. The second kappa shape index (κ2) is 12.4. The summed E-state index contributed by atoms with van der Waals surface area (Å²) in [5, 5.41) is 9.69. The molecule has 2 aliphatic rings. The average Bonchev–Trinajstić information content (AvgIpc) is 3.49. The van der Waals surface area contributed by atoms with Crippen molar-refractivity contribution in [1.29, 1.82) is 0 Å². The first kappa shape index (κ1) is 26.8. The van der Waals surface area contributed by atoms with Gasteiger partial charge in [-0.15, -0.1) is 0 Å². The molecule has 1 aliphatic carbocycles. The van der Waals surface area contributed by atoms with Crippen LogP contribution >= 0.6 is 11.8 Å². The highest BCUT2D eigenvalue weighted by molar-refractivity contribution is 7.99. The number of amides is 5. The summed E-state index contributed by atoms with van der Waals surface area (Å²) in [5.74, 6) is -1.06. The third-order valence-electron chi connectivity index (χ3n) is 7.23. The summed E-state index contributed by atoms with van der Waals surface area (Å²) < 4.78 is 0. The van der Waals surface area contributed by atoms with Crippen molar-refractivity contribution in [3.05, 3.63) is 36.0 Å². The second-order valence-electron chi connectivity index (χ2n) is 9.91. The predicted molar refractivity (Wildman–Crippen MR) is 144 cm³/mol. The van der Waals surface area contributed by atoms with Gasteiger partial charge in [0, 0.05) is 36.1 Å². The van der Waals surface area contributed by atoms with E-state index in [4.69, 9.17) is 5.73 Å². The number of aromatic nitrogens is 1. The van der Waals surface area contributed by atoms with Crippen LogP contribution in [-0.4, -0.2) is 76.4 Å². The normalized spacial score (nSPS) is 20.9. The number of urea groups is 1. The van der Waals surface area contributed by atoms with Gasteiger partial charge in [-0.25, -0.2) is 4.79 Å². The lowest BCUT2D eigenvalue weighted by Crippen LogP contribution is -2.53. The van der Waals surface area contributed by atoms with Crippen LogP contribution in [0.25, 0.3) is 10.9 Å². The first-order valence-electron chi connectivity index (χ1n) is 12.9. The summed E-state index contributed by atoms with van der Waals surface area (Å²) in [6.45, 7) is 0.235. The summed E-state index contributed by atoms with van der Waals surface area (Å²) >= 11 is 1.37. The Morgan fingerprint density at radius 2 is 1.84 bits per heavy atom. The fourth-order valence-electron chi connectivity index (χ4n) is 5.34. The van der Waals surface area contributed by atoms with E-state index in [2.05, 4.69) is 20.9 Å². The lowest BCUT2D eigenvalue weighted by molar-refractivity contribution is -0.137. The molecule has 5 amide bonds. The van der Waals surface area contributed by atoms with Crippen LogP contribution in [0.2, 0.25) is 0 Å². The van der Waals surface area contributed by atoms with E-state index in [1.54, 1.807) is 0 Å². The summed E-state index contributed by atoms with van der Waals surface area (Å²) in [5.41, 5.74) is 7.44. The monoisotopic (exact) mass is 528 g/mol. The van der Waals surface area contributed by atoms with E-state index in [-0.39, 0.29) is 49.2 Å². The van der Waals surface area contributed by atoms with Gasteiger partial charge in [0.15, 0.2) is 0 Å². The van der Waals surface area contributed by atoms with Crippen LogP contribution in [0.15, 0.2) is 30.5 Å². The number of benzene rings is 1. The van der Waals surface area contributed by atoms with Crippen LogP contribution in [0, 0.1) is 0 Å². The van der Waals surface area contributed by atoms with E-state index < -0.39 is 23.9 Å². The van der Waals surface area contributed by atoms with E-state index in [1.165, 1.54) is 23.1 Å². The van der Waals surface area contributed by atoms with Gasteiger partial charge in [0.1, 0.15) is 12.1 Å². The Labute approximate surface area is 220 Å². The minimum absolute atomic E-state index is 0.157. The third kappa shape index (κ3) is 6.76. The van der Waals surface area contributed by atoms with Crippen LogP contribution in [0.4, 0.5) is 4.79 Å². The van der Waals surface area contributed by atoms with Crippen molar-refractivity contribution in [2.75, 3.05) is 18.6 Å². The van der Waals surface area contributed by atoms with Gasteiger partial charge in [-0.2, -0.15) is 11.8 Å². The van der Waals surface area contributed by atoms with Gasteiger partial charge < -0.3 is 31.6 Å². The minimum atomic E-state index is -0.939. The summed E-state index contributed by atoms with van der Waals surface area (Å²) in [6.07, 6.45) is 9.45. The lowest BCUT2D eigenvalue weighted by atomic mass is 9.96. The van der Waals surface area contributed by atoms with Gasteiger partial charge in [0.25, 0.3) is 0 Å². The minimum Gasteiger partial charge on any atom is -0.368 e. The number of hydrogen-bond donors (Lipinski definition) is 5. The average molecular weight is 529 g/mol. The molecule has 6 N–H and O–H groups in total. The van der Waals surface area contributed by atoms with Crippen molar-refractivity contribution >= 4 is 46.4 Å². The molecule has 0 bridgehead atoms. The molecule has 11 heteroatoms. The van der Waals surface area contributed by atoms with Crippen LogP contribution in [-0.2, 0) is 20.8 Å². The Kier molecular flexibility index (Phi) is 8.96. The lowest BCUT2D eigenvalue weighted by Gasteiger charge is -2.25. The highest BCUT2D eigenvalue weighted by Crippen LogP contribution is 2.22. The number of H-pyrrole nitrogens is 1. The molecule has 0 unspecified atom stereocenters. The van der Waals surface area contributed by atoms with Crippen molar-refractivity contribution in [3.63, 3.8) is 0 Å². The number of hydrogen-bond acceptors (Lipinski definition) is 5. The van der Waals surface area contributed by atoms with E-state index in [0.29, 0.717) is 0 Å². The van der Waals surface area contributed by atoms with Crippen molar-refractivity contribution in [1.82, 2.24) is 25.8 Å². The van der Waals surface area contributed by atoms with Crippen LogP contribution in [0.5, 0.6) is 0 Å². The molecule has 37 heavy (non-hydrogen) atoms. The number of nitrogens with one attached hydrogen (secondary N) is 4. The molecular weight excluding hydrogens is 492 g/mol. The van der Waals surface area contributed by atoms with Crippen molar-refractivity contribution < 1.29 is 19.2 Å². The number of thioether (sulfide) groups is 1. The van der Waals surface area contributed by atoms with Crippen LogP contribution in [0.3, 0.4) is 0 Å². The number of aromatic amines is 1. The Morgan fingerprint density at radius 1 is 1.11 bits per heavy atom. The van der Waals surface area contributed by atoms with Gasteiger partial charge >= 0.3 is 6.03 Å². The first-order chi connectivity index (χ1) is 17.9. The summed E-state index contributed by atoms with van der Waals surface area (Å²) in [4.78, 5) is 55.7. The number of nitrogens with zero attached hydrogens (tertiary/aromatic N) is 1. The number of likely N-dealkylation sites (tertiary alicyclic amines) is 1. The molecule has 1 saturated heterocycles. The Hall–Kier alpha value is -3.21. The molecule has 10 nitrogen and oxygen atoms in total. The van der Waals surface area contributed by atoms with Gasteiger partial charge in [-0.05, 0) is 37.1 Å². The maximum absolute atomic E-state index is 13.4. The standard InChI is InChI=1S/C26H36N6O4S/c1-37-15-23(33)32-14-18(30-26(36)29-17-7-3-2-4-8-17)12-22(32)25(35)31-21(24(27)34)11-16-13-28-20-10-6-5-9-19(16)20/h5-6,9-10,13,17-18,21-22,28H,2-4,7-8,11-12,14-15H2,1H3,(H2,27,34)(H,31,35)(H2,29,30,36)/t18-,21+,22-/m0/s1. The molecule has 1 aliphatic heterocycles. The Balaban J connectivity index is 1.42. The van der Waals surface area contributed by atoms with Gasteiger partial charge in [-0.3, -0.25) is 14.4 Å². The molecule has 3 atom stereocenters. The number of rotatable bonds is 9. The molecule has 200 valence electrons. The number of nitrogens with two attached hydrogens (primary N) is 1. The smallest absolute Gasteiger partial charge is 0.315 e. The molecule has 1 aromatic carbocycles. The maximum atomic E-state index is 13.4. The Morgan fingerprint density at radius 3 is 2.57 bits per heavy atom. The SMILES string of the molecule is CSCC(=O)N1C[C@@H](NC(=O)NC2CCCCC2)C[C@H]1C(=O)N[C@H](Cc1c[nH]c2ccccc12)C(N)=O.